The first-order valence-electron chi connectivity index (χ1n) is 11.3. The highest BCUT2D eigenvalue weighted by atomic mass is 19.1. The van der Waals surface area contributed by atoms with Crippen molar-refractivity contribution in [1.29, 1.82) is 0 Å². The van der Waals surface area contributed by atoms with Crippen LogP contribution < -0.4 is 0 Å². The molecule has 3 aliphatic rings. The van der Waals surface area contributed by atoms with Crippen LogP contribution in [0.5, 0.6) is 0 Å². The van der Waals surface area contributed by atoms with Gasteiger partial charge in [-0.25, -0.2) is 28.0 Å². The van der Waals surface area contributed by atoms with E-state index in [1.165, 1.54) is 23.3 Å². The van der Waals surface area contributed by atoms with Crippen LogP contribution in [-0.4, -0.2) is 80.9 Å². The van der Waals surface area contributed by atoms with Gasteiger partial charge in [0.1, 0.15) is 24.0 Å². The molecule has 9 nitrogen and oxygen atoms in total. The van der Waals surface area contributed by atoms with Crippen LogP contribution in [0.2, 0.25) is 0 Å². The number of aliphatic imine (C=N–C) groups is 1. The van der Waals surface area contributed by atoms with E-state index in [1.807, 2.05) is 11.9 Å². The molecule has 1 N–H and O–H groups in total. The average molecular weight is 487 g/mol. The molecular weight excluding hydrogens is 461 g/mol. The summed E-state index contributed by atoms with van der Waals surface area (Å²) in [6.45, 7) is 5.60. The Bertz CT molecular complexity index is 1190. The van der Waals surface area contributed by atoms with Gasteiger partial charge in [-0.05, 0) is 31.5 Å². The van der Waals surface area contributed by atoms with Gasteiger partial charge in [0, 0.05) is 56.1 Å². The Labute approximate surface area is 200 Å². The number of carbonyl (C=O) groups excluding carboxylic acids is 1. The second-order valence-corrected chi connectivity index (χ2v) is 8.69. The lowest BCUT2D eigenvalue weighted by molar-refractivity contribution is -0.0164. The Morgan fingerprint density at radius 3 is 2.40 bits per heavy atom. The molecule has 0 saturated carbocycles. The molecule has 1 aromatic heterocycles. The van der Waals surface area contributed by atoms with Crippen molar-refractivity contribution in [2.24, 2.45) is 10.1 Å². The van der Waals surface area contributed by atoms with Crippen molar-refractivity contribution < 1.29 is 18.0 Å². The highest BCUT2D eigenvalue weighted by molar-refractivity contribution is 6.12. The first-order chi connectivity index (χ1) is 16.8. The number of urea groups is 1. The molecule has 3 aliphatic heterocycles. The summed E-state index contributed by atoms with van der Waals surface area (Å²) in [7, 11) is 0. The van der Waals surface area contributed by atoms with Crippen molar-refractivity contribution in [3.8, 4) is 0 Å². The number of allylic oxidation sites excluding steroid dienone is 1. The fourth-order valence-electron chi connectivity index (χ4n) is 4.65. The van der Waals surface area contributed by atoms with E-state index in [2.05, 4.69) is 20.3 Å². The van der Waals surface area contributed by atoms with Crippen LogP contribution in [0.25, 0.3) is 0 Å². The van der Waals surface area contributed by atoms with Crippen molar-refractivity contribution in [2.45, 2.75) is 26.3 Å². The molecule has 0 radical (unpaired) electrons. The molecule has 0 unspecified atom stereocenters. The summed E-state index contributed by atoms with van der Waals surface area (Å²) in [5.74, 6) is -1.84. The Kier molecular flexibility index (Phi) is 6.05. The summed E-state index contributed by atoms with van der Waals surface area (Å²) < 4.78 is 42.3. The minimum Gasteiger partial charge on any atom is -0.320 e. The van der Waals surface area contributed by atoms with Crippen LogP contribution >= 0.6 is 0 Å². The molecule has 2 aromatic rings. The molecule has 2 amide bonds. The quantitative estimate of drug-likeness (QED) is 0.722. The number of halogens is 3. The number of aromatic amines is 1. The van der Waals surface area contributed by atoms with E-state index in [0.29, 0.717) is 49.4 Å². The van der Waals surface area contributed by atoms with Gasteiger partial charge in [-0.2, -0.15) is 10.2 Å². The maximum absolute atomic E-state index is 14.9. The zero-order valence-electron chi connectivity index (χ0n) is 19.4. The number of hydrogen-bond acceptors (Lipinski definition) is 6. The van der Waals surface area contributed by atoms with E-state index >= 15 is 0 Å². The maximum atomic E-state index is 14.9. The van der Waals surface area contributed by atoms with E-state index in [0.717, 1.165) is 11.8 Å². The first kappa shape index (κ1) is 23.1. The predicted octanol–water partition coefficient (Wildman–Crippen LogP) is 3.26. The molecule has 12 heteroatoms. The van der Waals surface area contributed by atoms with E-state index < -0.39 is 23.5 Å². The van der Waals surface area contributed by atoms with Crippen LogP contribution in [0.15, 0.2) is 40.3 Å². The lowest BCUT2D eigenvalue weighted by Crippen LogP contribution is -2.56. The number of benzene rings is 1. The summed E-state index contributed by atoms with van der Waals surface area (Å²) in [4.78, 5) is 19.2. The van der Waals surface area contributed by atoms with Gasteiger partial charge in [0.05, 0.1) is 17.9 Å². The standard InChI is InChI=1S/C23H25F3N8O/c1-14-21(15(2)30-29-14)22-19(26)12-33(13-27-22)32-7-5-31(6-8-32)23(35)34-20(3-4-28-34)16-9-17(24)11-18(25)10-16/h4,9-12,20H,3,5-8,13H2,1-2H3,(H,29,30)/t20-/m0/s1. The zero-order valence-corrected chi connectivity index (χ0v) is 19.4. The molecule has 0 bridgehead atoms. The van der Waals surface area contributed by atoms with Gasteiger partial charge in [0.25, 0.3) is 0 Å². The molecule has 35 heavy (non-hydrogen) atoms. The smallest absolute Gasteiger partial charge is 0.320 e. The normalized spacial score (nSPS) is 20.9. The van der Waals surface area contributed by atoms with Crippen molar-refractivity contribution in [3.05, 3.63) is 64.4 Å². The number of H-pyrrole nitrogens is 1. The SMILES string of the molecule is Cc1n[nH]c(C)c1C1=NCN(N2CCN(C(=O)N3N=CC[C@H]3c3cc(F)cc(F)c3)CC2)C=C1F. The second kappa shape index (κ2) is 9.17. The summed E-state index contributed by atoms with van der Waals surface area (Å²) in [6.07, 6.45) is 3.37. The minimum atomic E-state index is -0.696. The van der Waals surface area contributed by atoms with Gasteiger partial charge in [-0.1, -0.05) is 0 Å². The van der Waals surface area contributed by atoms with Gasteiger partial charge in [-0.3, -0.25) is 15.1 Å². The fourth-order valence-corrected chi connectivity index (χ4v) is 4.65. The van der Waals surface area contributed by atoms with Crippen LogP contribution in [0.4, 0.5) is 18.0 Å². The molecule has 0 aliphatic carbocycles. The van der Waals surface area contributed by atoms with E-state index in [-0.39, 0.29) is 18.4 Å². The summed E-state index contributed by atoms with van der Waals surface area (Å²) in [6, 6.07) is 2.35. The van der Waals surface area contributed by atoms with Gasteiger partial charge in [0.2, 0.25) is 0 Å². The number of hydrazone groups is 1. The number of aryl methyl sites for hydroxylation is 2. The highest BCUT2D eigenvalue weighted by Crippen LogP contribution is 2.30. The summed E-state index contributed by atoms with van der Waals surface area (Å²) in [5, 5.41) is 16.0. The molecule has 184 valence electrons. The third-order valence-corrected chi connectivity index (χ3v) is 6.41. The van der Waals surface area contributed by atoms with Gasteiger partial charge in [0.15, 0.2) is 5.83 Å². The molecule has 5 rings (SSSR count). The number of carbonyl (C=O) groups is 1. The number of nitrogens with one attached hydrogen (secondary N) is 1. The molecule has 1 fully saturated rings. The highest BCUT2D eigenvalue weighted by Gasteiger charge is 2.34. The Morgan fingerprint density at radius 1 is 1.06 bits per heavy atom. The number of rotatable bonds is 3. The Hall–Kier alpha value is -3.67. The van der Waals surface area contributed by atoms with Gasteiger partial charge in [-0.15, -0.1) is 0 Å². The lowest BCUT2D eigenvalue weighted by atomic mass is 10.0. The van der Waals surface area contributed by atoms with E-state index in [4.69, 9.17) is 0 Å². The molecule has 4 heterocycles. The van der Waals surface area contributed by atoms with Crippen molar-refractivity contribution in [1.82, 2.24) is 30.1 Å². The number of aromatic nitrogens is 2. The lowest BCUT2D eigenvalue weighted by Gasteiger charge is -2.41. The van der Waals surface area contributed by atoms with Crippen LogP contribution in [0, 0.1) is 25.5 Å². The van der Waals surface area contributed by atoms with Crippen molar-refractivity contribution >= 4 is 18.0 Å². The second-order valence-electron chi connectivity index (χ2n) is 8.69. The molecule has 1 saturated heterocycles. The zero-order chi connectivity index (χ0) is 24.7. The first-order valence-corrected chi connectivity index (χ1v) is 11.3. The third kappa shape index (κ3) is 4.41. The monoisotopic (exact) mass is 486 g/mol. The number of amides is 2. The van der Waals surface area contributed by atoms with E-state index in [9.17, 15) is 18.0 Å². The number of hydrogen-bond donors (Lipinski definition) is 1. The van der Waals surface area contributed by atoms with E-state index in [1.54, 1.807) is 23.0 Å². The molecular formula is C23H25F3N8O. The Morgan fingerprint density at radius 2 is 1.77 bits per heavy atom. The molecule has 0 spiro atoms. The maximum Gasteiger partial charge on any atom is 0.341 e. The number of piperazine rings is 1. The van der Waals surface area contributed by atoms with Gasteiger partial charge >= 0.3 is 6.03 Å². The van der Waals surface area contributed by atoms with Crippen molar-refractivity contribution in [2.75, 3.05) is 32.8 Å². The van der Waals surface area contributed by atoms with Crippen LogP contribution in [0.1, 0.15) is 35.0 Å². The Balaban J connectivity index is 1.21. The summed E-state index contributed by atoms with van der Waals surface area (Å²) in [5.41, 5.74) is 2.76. The summed E-state index contributed by atoms with van der Waals surface area (Å²) >= 11 is 0. The average Bonchev–Trinajstić information content (AvgIpc) is 3.45. The van der Waals surface area contributed by atoms with Crippen LogP contribution in [-0.2, 0) is 0 Å². The minimum absolute atomic E-state index is 0.254. The van der Waals surface area contributed by atoms with Gasteiger partial charge < -0.3 is 4.90 Å². The molecule has 1 aromatic carbocycles. The van der Waals surface area contributed by atoms with Crippen LogP contribution in [0.3, 0.4) is 0 Å². The number of hydrazine groups is 1. The molecule has 1 atom stereocenters. The largest absolute Gasteiger partial charge is 0.341 e. The fraction of sp³-hybridized carbons (Fsp3) is 0.391. The third-order valence-electron chi connectivity index (χ3n) is 6.41. The van der Waals surface area contributed by atoms with Crippen molar-refractivity contribution in [3.63, 3.8) is 0 Å². The predicted molar refractivity (Wildman–Crippen MR) is 123 cm³/mol. The number of nitrogens with zero attached hydrogens (tertiary/aromatic N) is 7. The topological polar surface area (TPSA) is 83.4 Å².